The maximum Gasteiger partial charge on any atom is 0.338 e. The molecule has 1 rings (SSSR count). The zero-order valence-electron chi connectivity index (χ0n) is 17.4. The van der Waals surface area contributed by atoms with E-state index in [9.17, 15) is 29.7 Å². The molecule has 31 heavy (non-hydrogen) atoms. The van der Waals surface area contributed by atoms with Crippen molar-refractivity contribution in [2.75, 3.05) is 26.9 Å². The second-order valence-corrected chi connectivity index (χ2v) is 6.48. The van der Waals surface area contributed by atoms with Crippen molar-refractivity contribution in [2.45, 2.75) is 44.7 Å². The molecule has 3 unspecified atom stereocenters. The number of hydrogen-bond acceptors (Lipinski definition) is 11. The molecule has 0 heterocycles. The van der Waals surface area contributed by atoms with Crippen molar-refractivity contribution in [3.05, 3.63) is 35.4 Å². The van der Waals surface area contributed by atoms with Crippen molar-refractivity contribution in [1.82, 2.24) is 0 Å². The zero-order chi connectivity index (χ0) is 23.2. The Morgan fingerprint density at radius 1 is 0.903 bits per heavy atom. The van der Waals surface area contributed by atoms with Crippen LogP contribution in [0.3, 0.4) is 0 Å². The van der Waals surface area contributed by atoms with E-state index in [1.807, 2.05) is 6.92 Å². The third-order valence-electron chi connectivity index (χ3n) is 3.91. The number of hydrogen-bond donors (Lipinski definition) is 3. The number of aliphatic hydroxyl groups excluding tert-OH is 3. The monoisotopic (exact) mass is 444 g/mol. The summed E-state index contributed by atoms with van der Waals surface area (Å²) in [7, 11) is 1.06. The maximum absolute atomic E-state index is 12.0. The number of esters is 3. The molecule has 1 aromatic rings. The number of rotatable bonds is 14. The molecule has 0 bridgehead atoms. The van der Waals surface area contributed by atoms with E-state index in [4.69, 9.17) is 19.2 Å². The molecule has 1 aromatic carbocycles. The first-order chi connectivity index (χ1) is 14.8. The standard InChI is InChI=1S/C20H28O11/c1-3-15(21)12-31-30-9-13-4-6-14(7-5-13)19(25)29-11-16(22)10-28-18(24)8-17(23)20(26)27-2/h4-7,15-17,21-23H,3,8-12H2,1-2H3. The fraction of sp³-hybridized carbons (Fsp3) is 0.550. The van der Waals surface area contributed by atoms with Crippen LogP contribution in [0.5, 0.6) is 0 Å². The van der Waals surface area contributed by atoms with Crippen molar-refractivity contribution in [2.24, 2.45) is 0 Å². The van der Waals surface area contributed by atoms with Gasteiger partial charge in [0, 0.05) is 0 Å². The number of benzene rings is 1. The molecule has 0 amide bonds. The Balaban J connectivity index is 2.30. The van der Waals surface area contributed by atoms with Gasteiger partial charge in [-0.15, -0.1) is 0 Å². The van der Waals surface area contributed by atoms with Crippen molar-refractivity contribution < 1.29 is 53.7 Å². The summed E-state index contributed by atoms with van der Waals surface area (Å²) in [6.07, 6.45) is -3.61. The number of ether oxygens (including phenoxy) is 3. The predicted molar refractivity (Wildman–Crippen MR) is 103 cm³/mol. The number of carbonyl (C=O) groups excluding carboxylic acids is 3. The van der Waals surface area contributed by atoms with Gasteiger partial charge in [0.1, 0.15) is 32.5 Å². The van der Waals surface area contributed by atoms with Crippen LogP contribution in [0, 0.1) is 0 Å². The van der Waals surface area contributed by atoms with Gasteiger partial charge in [0.15, 0.2) is 6.10 Å². The Kier molecular flexibility index (Phi) is 12.3. The number of aliphatic hydroxyl groups is 3. The molecular formula is C20H28O11. The molecular weight excluding hydrogens is 416 g/mol. The van der Waals surface area contributed by atoms with E-state index in [1.165, 1.54) is 12.1 Å². The highest BCUT2D eigenvalue weighted by atomic mass is 17.2. The quantitative estimate of drug-likeness (QED) is 0.116. The third kappa shape index (κ3) is 10.9. The van der Waals surface area contributed by atoms with E-state index < -0.39 is 55.9 Å². The summed E-state index contributed by atoms with van der Waals surface area (Å²) in [5.41, 5.74) is 0.958. The third-order valence-corrected chi connectivity index (χ3v) is 3.91. The van der Waals surface area contributed by atoms with Gasteiger partial charge in [-0.1, -0.05) is 19.1 Å². The highest BCUT2D eigenvalue weighted by Gasteiger charge is 2.21. The van der Waals surface area contributed by atoms with Crippen LogP contribution in [-0.4, -0.2) is 78.5 Å². The Morgan fingerprint density at radius 3 is 2.16 bits per heavy atom. The highest BCUT2D eigenvalue weighted by molar-refractivity contribution is 5.89. The number of methoxy groups -OCH3 is 1. The smallest absolute Gasteiger partial charge is 0.338 e. The summed E-state index contributed by atoms with van der Waals surface area (Å²) in [6, 6.07) is 6.26. The minimum Gasteiger partial charge on any atom is -0.467 e. The van der Waals surface area contributed by atoms with Gasteiger partial charge < -0.3 is 29.5 Å². The molecule has 0 saturated heterocycles. The normalized spacial score (nSPS) is 13.7. The van der Waals surface area contributed by atoms with Crippen LogP contribution in [0.25, 0.3) is 0 Å². The molecule has 174 valence electrons. The number of carbonyl (C=O) groups is 3. The van der Waals surface area contributed by atoms with E-state index >= 15 is 0 Å². The molecule has 0 saturated carbocycles. The van der Waals surface area contributed by atoms with Gasteiger partial charge in [-0.2, -0.15) is 0 Å². The lowest BCUT2D eigenvalue weighted by atomic mass is 10.1. The molecule has 0 radical (unpaired) electrons. The summed E-state index contributed by atoms with van der Waals surface area (Å²) in [5.74, 6) is -2.60. The van der Waals surface area contributed by atoms with E-state index in [-0.39, 0.29) is 18.8 Å². The molecule has 0 aliphatic carbocycles. The largest absolute Gasteiger partial charge is 0.467 e. The van der Waals surface area contributed by atoms with Crippen LogP contribution < -0.4 is 0 Å². The van der Waals surface area contributed by atoms with Crippen LogP contribution in [0.15, 0.2) is 24.3 Å². The molecule has 11 heteroatoms. The second kappa shape index (κ2) is 14.4. The fourth-order valence-electron chi connectivity index (χ4n) is 2.02. The molecule has 3 atom stereocenters. The van der Waals surface area contributed by atoms with E-state index in [1.54, 1.807) is 12.1 Å². The molecule has 3 N–H and O–H groups in total. The summed E-state index contributed by atoms with van der Waals surface area (Å²) >= 11 is 0. The lowest BCUT2D eigenvalue weighted by Gasteiger charge is -2.13. The van der Waals surface area contributed by atoms with Gasteiger partial charge in [0.2, 0.25) is 0 Å². The van der Waals surface area contributed by atoms with Crippen molar-refractivity contribution in [3.63, 3.8) is 0 Å². The van der Waals surface area contributed by atoms with Gasteiger partial charge in [-0.05, 0) is 24.1 Å². The molecule has 0 fully saturated rings. The average molecular weight is 444 g/mol. The van der Waals surface area contributed by atoms with E-state index in [0.29, 0.717) is 6.42 Å². The minimum absolute atomic E-state index is 0.0599. The summed E-state index contributed by atoms with van der Waals surface area (Å²) in [6.45, 7) is 1.09. The van der Waals surface area contributed by atoms with Gasteiger partial charge >= 0.3 is 17.9 Å². The lowest BCUT2D eigenvalue weighted by molar-refractivity contribution is -0.314. The first-order valence-corrected chi connectivity index (χ1v) is 9.54. The van der Waals surface area contributed by atoms with E-state index in [2.05, 4.69) is 4.74 Å². The Hall–Kier alpha value is -2.57. The highest BCUT2D eigenvalue weighted by Crippen LogP contribution is 2.08. The average Bonchev–Trinajstić information content (AvgIpc) is 2.78. The van der Waals surface area contributed by atoms with Crippen LogP contribution >= 0.6 is 0 Å². The summed E-state index contributed by atoms with van der Waals surface area (Å²) in [5, 5.41) is 28.4. The topological polar surface area (TPSA) is 158 Å². The van der Waals surface area contributed by atoms with Gasteiger partial charge in [0.25, 0.3) is 0 Å². The maximum atomic E-state index is 12.0. The molecule has 0 aromatic heterocycles. The van der Waals surface area contributed by atoms with E-state index in [0.717, 1.165) is 12.7 Å². The second-order valence-electron chi connectivity index (χ2n) is 6.48. The summed E-state index contributed by atoms with van der Waals surface area (Å²) < 4.78 is 13.9. The first-order valence-electron chi connectivity index (χ1n) is 9.54. The van der Waals surface area contributed by atoms with Gasteiger partial charge in [-0.3, -0.25) is 4.79 Å². The van der Waals surface area contributed by atoms with Gasteiger partial charge in [-0.25, -0.2) is 19.4 Å². The first kappa shape index (κ1) is 26.5. The van der Waals surface area contributed by atoms with Crippen LogP contribution in [0.4, 0.5) is 0 Å². The van der Waals surface area contributed by atoms with Crippen LogP contribution in [0.1, 0.15) is 35.7 Å². The SMILES string of the molecule is CCC(O)COOCc1ccc(C(=O)OCC(O)COC(=O)CC(O)C(=O)OC)cc1. The molecule has 11 nitrogen and oxygen atoms in total. The van der Waals surface area contributed by atoms with Crippen molar-refractivity contribution in [3.8, 4) is 0 Å². The van der Waals surface area contributed by atoms with Crippen molar-refractivity contribution >= 4 is 17.9 Å². The Labute approximate surface area is 179 Å². The minimum atomic E-state index is -1.66. The van der Waals surface area contributed by atoms with Crippen molar-refractivity contribution in [1.29, 1.82) is 0 Å². The molecule has 0 aliphatic rings. The molecule has 0 aliphatic heterocycles. The Morgan fingerprint density at radius 2 is 1.55 bits per heavy atom. The fourth-order valence-corrected chi connectivity index (χ4v) is 2.02. The Bertz CT molecular complexity index is 689. The zero-order valence-corrected chi connectivity index (χ0v) is 17.4. The lowest BCUT2D eigenvalue weighted by Crippen LogP contribution is -2.29. The van der Waals surface area contributed by atoms with Crippen LogP contribution in [-0.2, 0) is 40.2 Å². The van der Waals surface area contributed by atoms with Gasteiger partial charge in [0.05, 0.1) is 25.2 Å². The van der Waals surface area contributed by atoms with Crippen LogP contribution in [0.2, 0.25) is 0 Å². The molecule has 0 spiro atoms. The predicted octanol–water partition coefficient (Wildman–Crippen LogP) is -0.109. The summed E-state index contributed by atoms with van der Waals surface area (Å²) in [4.78, 5) is 44.3.